The van der Waals surface area contributed by atoms with E-state index in [0.717, 1.165) is 16.7 Å². The van der Waals surface area contributed by atoms with E-state index in [-0.39, 0.29) is 23.8 Å². The van der Waals surface area contributed by atoms with Crippen LogP contribution in [0.1, 0.15) is 37.0 Å². The zero-order valence-corrected chi connectivity index (χ0v) is 12.1. The minimum absolute atomic E-state index is 0.0459. The second-order valence-electron chi connectivity index (χ2n) is 6.11. The number of amides is 1. The summed E-state index contributed by atoms with van der Waals surface area (Å²) in [4.78, 5) is 25.7. The molecule has 0 radical (unpaired) electrons. The topological polar surface area (TPSA) is 37.4 Å². The molecule has 1 aliphatic heterocycles. The van der Waals surface area contributed by atoms with Crippen LogP contribution in [0.3, 0.4) is 0 Å². The highest BCUT2D eigenvalue weighted by atomic mass is 16.2. The van der Waals surface area contributed by atoms with Crippen LogP contribution in [0.2, 0.25) is 0 Å². The Hall–Kier alpha value is -1.64. The number of carbonyl (C=O) groups excluding carboxylic acids is 2. The number of hydrogen-bond acceptors (Lipinski definition) is 2. The monoisotopic (exact) mass is 259 g/mol. The predicted molar refractivity (Wildman–Crippen MR) is 75.0 cm³/mol. The van der Waals surface area contributed by atoms with Gasteiger partial charge in [-0.3, -0.25) is 9.59 Å². The van der Waals surface area contributed by atoms with Crippen LogP contribution in [0.4, 0.5) is 0 Å². The van der Waals surface area contributed by atoms with E-state index < -0.39 is 0 Å². The minimum atomic E-state index is -0.341. The Morgan fingerprint density at radius 3 is 2.58 bits per heavy atom. The molecule has 2 rings (SSSR count). The Kier molecular flexibility index (Phi) is 3.48. The molecule has 0 saturated carbocycles. The van der Waals surface area contributed by atoms with Gasteiger partial charge in [0.25, 0.3) is 0 Å². The van der Waals surface area contributed by atoms with Gasteiger partial charge in [0, 0.05) is 12.0 Å². The van der Waals surface area contributed by atoms with Crippen molar-refractivity contribution in [3.05, 3.63) is 34.9 Å². The van der Waals surface area contributed by atoms with Gasteiger partial charge in [-0.25, -0.2) is 0 Å². The van der Waals surface area contributed by atoms with Crippen molar-refractivity contribution in [3.8, 4) is 0 Å². The lowest BCUT2D eigenvalue weighted by molar-refractivity contribution is -0.134. The van der Waals surface area contributed by atoms with Crippen molar-refractivity contribution in [2.45, 2.75) is 46.1 Å². The second kappa shape index (κ2) is 4.80. The number of aryl methyl sites for hydroxylation is 2. The summed E-state index contributed by atoms with van der Waals surface area (Å²) in [5.41, 5.74) is 3.00. The molecular weight excluding hydrogens is 238 g/mol. The Bertz CT molecular complexity index is 532. The molecule has 0 atom stereocenters. The first kappa shape index (κ1) is 13.8. The maximum atomic E-state index is 12.4. The van der Waals surface area contributed by atoms with Crippen LogP contribution in [-0.2, 0) is 16.0 Å². The minimum Gasteiger partial charge on any atom is -0.330 e. The van der Waals surface area contributed by atoms with Gasteiger partial charge in [0.2, 0.25) is 5.91 Å². The van der Waals surface area contributed by atoms with Crippen LogP contribution in [0.25, 0.3) is 0 Å². The van der Waals surface area contributed by atoms with E-state index >= 15 is 0 Å². The molecule has 1 amide bonds. The number of hydrogen-bond donors (Lipinski definition) is 0. The summed E-state index contributed by atoms with van der Waals surface area (Å²) in [5.74, 6) is 0.198. The SMILES string of the molecule is Cc1ccc(C)c(CC(=O)N2CC(=O)CC2(C)C)c1. The molecule has 1 aromatic carbocycles. The summed E-state index contributed by atoms with van der Waals surface area (Å²) in [7, 11) is 0. The molecule has 0 aromatic heterocycles. The number of ketones is 1. The third-order valence-corrected chi connectivity index (χ3v) is 3.84. The summed E-state index contributed by atoms with van der Waals surface area (Å²) < 4.78 is 0. The Balaban J connectivity index is 2.17. The van der Waals surface area contributed by atoms with Crippen LogP contribution < -0.4 is 0 Å². The van der Waals surface area contributed by atoms with Crippen molar-refractivity contribution >= 4 is 11.7 Å². The lowest BCUT2D eigenvalue weighted by atomic mass is 9.99. The molecule has 0 aliphatic carbocycles. The summed E-state index contributed by atoms with van der Waals surface area (Å²) in [5, 5.41) is 0. The highest BCUT2D eigenvalue weighted by molar-refractivity contribution is 5.91. The van der Waals surface area contributed by atoms with Crippen molar-refractivity contribution < 1.29 is 9.59 Å². The third kappa shape index (κ3) is 2.86. The molecule has 0 N–H and O–H groups in total. The molecule has 3 heteroatoms. The Labute approximate surface area is 114 Å². The number of likely N-dealkylation sites (tertiary alicyclic amines) is 1. The van der Waals surface area contributed by atoms with Gasteiger partial charge in [0.1, 0.15) is 0 Å². The van der Waals surface area contributed by atoms with Crippen molar-refractivity contribution in [2.75, 3.05) is 6.54 Å². The summed E-state index contributed by atoms with van der Waals surface area (Å²) in [6, 6.07) is 6.14. The average Bonchev–Trinajstić information content (AvgIpc) is 2.57. The zero-order valence-electron chi connectivity index (χ0n) is 12.1. The maximum Gasteiger partial charge on any atom is 0.227 e. The smallest absolute Gasteiger partial charge is 0.227 e. The Morgan fingerprint density at radius 2 is 2.00 bits per heavy atom. The van der Waals surface area contributed by atoms with Crippen LogP contribution >= 0.6 is 0 Å². The standard InChI is InChI=1S/C16H21NO2/c1-11-5-6-12(2)13(7-11)8-15(19)17-10-14(18)9-16(17,3)4/h5-7H,8-10H2,1-4H3. The van der Waals surface area contributed by atoms with Crippen molar-refractivity contribution in [1.82, 2.24) is 4.90 Å². The number of benzene rings is 1. The molecule has 0 spiro atoms. The van der Waals surface area contributed by atoms with Crippen LogP contribution in [-0.4, -0.2) is 28.7 Å². The molecule has 1 fully saturated rings. The number of rotatable bonds is 2. The van der Waals surface area contributed by atoms with E-state index in [2.05, 4.69) is 6.07 Å². The quantitative estimate of drug-likeness (QED) is 0.818. The number of Topliss-reactive ketones (excluding diaryl/α,β-unsaturated/α-hetero) is 1. The largest absolute Gasteiger partial charge is 0.330 e. The van der Waals surface area contributed by atoms with Gasteiger partial charge in [0.15, 0.2) is 5.78 Å². The number of carbonyl (C=O) groups is 2. The van der Waals surface area contributed by atoms with Gasteiger partial charge in [0.05, 0.1) is 13.0 Å². The van der Waals surface area contributed by atoms with Crippen molar-refractivity contribution in [3.63, 3.8) is 0 Å². The second-order valence-corrected chi connectivity index (χ2v) is 6.11. The molecule has 0 unspecified atom stereocenters. The first-order valence-corrected chi connectivity index (χ1v) is 6.68. The fraction of sp³-hybridized carbons (Fsp3) is 0.500. The molecular formula is C16H21NO2. The third-order valence-electron chi connectivity index (χ3n) is 3.84. The van der Waals surface area contributed by atoms with E-state index in [0.29, 0.717) is 12.8 Å². The van der Waals surface area contributed by atoms with E-state index in [1.54, 1.807) is 4.90 Å². The lowest BCUT2D eigenvalue weighted by Crippen LogP contribution is -2.43. The molecule has 1 saturated heterocycles. The van der Waals surface area contributed by atoms with E-state index in [9.17, 15) is 9.59 Å². The van der Waals surface area contributed by atoms with E-state index in [1.165, 1.54) is 0 Å². The highest BCUT2D eigenvalue weighted by Gasteiger charge is 2.40. The van der Waals surface area contributed by atoms with Gasteiger partial charge < -0.3 is 4.90 Å². The molecule has 3 nitrogen and oxygen atoms in total. The summed E-state index contributed by atoms with van der Waals surface area (Å²) in [6.07, 6.45) is 0.843. The predicted octanol–water partition coefficient (Wildman–Crippen LogP) is 2.43. The average molecular weight is 259 g/mol. The highest BCUT2D eigenvalue weighted by Crippen LogP contribution is 2.27. The first-order chi connectivity index (χ1) is 8.79. The van der Waals surface area contributed by atoms with Crippen molar-refractivity contribution in [1.29, 1.82) is 0 Å². The maximum absolute atomic E-state index is 12.4. The summed E-state index contributed by atoms with van der Waals surface area (Å²) >= 11 is 0. The summed E-state index contributed by atoms with van der Waals surface area (Å²) in [6.45, 7) is 8.22. The van der Waals surface area contributed by atoms with Gasteiger partial charge in [-0.1, -0.05) is 23.8 Å². The van der Waals surface area contributed by atoms with Gasteiger partial charge >= 0.3 is 0 Å². The molecule has 1 aromatic rings. The van der Waals surface area contributed by atoms with Crippen LogP contribution in [0.5, 0.6) is 0 Å². The van der Waals surface area contributed by atoms with Gasteiger partial charge in [-0.05, 0) is 38.8 Å². The van der Waals surface area contributed by atoms with Gasteiger partial charge in [-0.15, -0.1) is 0 Å². The van der Waals surface area contributed by atoms with E-state index in [4.69, 9.17) is 0 Å². The lowest BCUT2D eigenvalue weighted by Gasteiger charge is -2.30. The molecule has 102 valence electrons. The molecule has 1 heterocycles. The molecule has 19 heavy (non-hydrogen) atoms. The van der Waals surface area contributed by atoms with Crippen LogP contribution in [0.15, 0.2) is 18.2 Å². The molecule has 1 aliphatic rings. The zero-order chi connectivity index (χ0) is 14.2. The fourth-order valence-corrected chi connectivity index (χ4v) is 2.70. The van der Waals surface area contributed by atoms with E-state index in [1.807, 2.05) is 39.8 Å². The first-order valence-electron chi connectivity index (χ1n) is 6.68. The van der Waals surface area contributed by atoms with Crippen LogP contribution in [0, 0.1) is 13.8 Å². The van der Waals surface area contributed by atoms with Gasteiger partial charge in [-0.2, -0.15) is 0 Å². The Morgan fingerprint density at radius 1 is 1.32 bits per heavy atom. The fourth-order valence-electron chi connectivity index (χ4n) is 2.70. The molecule has 0 bridgehead atoms. The van der Waals surface area contributed by atoms with Crippen molar-refractivity contribution in [2.24, 2.45) is 0 Å². The number of nitrogens with zero attached hydrogens (tertiary/aromatic N) is 1. The normalized spacial score (nSPS) is 17.9.